The highest BCUT2D eigenvalue weighted by Gasteiger charge is 2.28. The number of nitro groups is 1. The minimum Gasteiger partial charge on any atom is -0.462 e. The van der Waals surface area contributed by atoms with Gasteiger partial charge in [0.25, 0.3) is 15.7 Å². The van der Waals surface area contributed by atoms with Crippen molar-refractivity contribution in [2.75, 3.05) is 20.7 Å². The number of rotatable bonds is 6. The third-order valence-electron chi connectivity index (χ3n) is 2.42. The molecule has 0 bridgehead atoms. The highest BCUT2D eigenvalue weighted by Crippen LogP contribution is 2.33. The molecule has 1 aromatic carbocycles. The fourth-order valence-electron chi connectivity index (χ4n) is 1.45. The Morgan fingerprint density at radius 1 is 1.48 bits per heavy atom. The zero-order valence-electron chi connectivity index (χ0n) is 12.5. The van der Waals surface area contributed by atoms with E-state index in [0.717, 1.165) is 18.5 Å². The van der Waals surface area contributed by atoms with Crippen molar-refractivity contribution in [3.8, 4) is 0 Å². The Morgan fingerprint density at radius 2 is 2.09 bits per heavy atom. The van der Waals surface area contributed by atoms with E-state index < -0.39 is 36.5 Å². The summed E-state index contributed by atoms with van der Waals surface area (Å²) >= 11 is 5.80. The molecule has 1 rings (SSSR count). The molecule has 0 saturated heterocycles. The molecule has 0 aliphatic carbocycles. The van der Waals surface area contributed by atoms with Crippen LogP contribution in [0.25, 0.3) is 0 Å². The Bertz CT molecular complexity index is 760. The first-order valence-corrected chi connectivity index (χ1v) is 8.04. The maximum Gasteiger partial charge on any atom is 0.338 e. The lowest BCUT2D eigenvalue weighted by atomic mass is 10.2. The molecule has 126 valence electrons. The quantitative estimate of drug-likeness (QED) is 0.248. The summed E-state index contributed by atoms with van der Waals surface area (Å²) in [5, 5.41) is 10.4. The third-order valence-corrected chi connectivity index (χ3v) is 4.18. The van der Waals surface area contributed by atoms with E-state index in [2.05, 4.69) is 4.40 Å². The number of ether oxygens (including phenoxy) is 1. The fraction of sp³-hybridized carbons (Fsp3) is 0.333. The van der Waals surface area contributed by atoms with E-state index >= 15 is 0 Å². The number of hydrogen-bond acceptors (Lipinski definition) is 6. The maximum absolute atomic E-state index is 12.2. The topological polar surface area (TPSA) is 119 Å². The van der Waals surface area contributed by atoms with Gasteiger partial charge >= 0.3 is 5.97 Å². The van der Waals surface area contributed by atoms with Gasteiger partial charge < -0.3 is 9.64 Å². The molecule has 1 aromatic rings. The van der Waals surface area contributed by atoms with Gasteiger partial charge in [-0.3, -0.25) is 10.1 Å². The van der Waals surface area contributed by atoms with Crippen molar-refractivity contribution >= 4 is 39.6 Å². The summed E-state index contributed by atoms with van der Waals surface area (Å²) in [7, 11) is -1.25. The van der Waals surface area contributed by atoms with Crippen LogP contribution >= 0.6 is 11.6 Å². The van der Waals surface area contributed by atoms with Crippen LogP contribution < -0.4 is 0 Å². The van der Waals surface area contributed by atoms with Gasteiger partial charge in [-0.2, -0.15) is 8.42 Å². The van der Waals surface area contributed by atoms with Crippen molar-refractivity contribution in [1.29, 1.82) is 0 Å². The van der Waals surface area contributed by atoms with Crippen LogP contribution in [0.2, 0.25) is 5.02 Å². The molecule has 0 atom stereocenters. The second-order valence-electron chi connectivity index (χ2n) is 4.44. The number of nitro benzene ring substituents is 1. The van der Waals surface area contributed by atoms with Crippen molar-refractivity contribution in [3.05, 3.63) is 32.8 Å². The molecule has 0 aromatic heterocycles. The summed E-state index contributed by atoms with van der Waals surface area (Å²) in [4.78, 5) is 22.6. The van der Waals surface area contributed by atoms with Gasteiger partial charge in [0.15, 0.2) is 0 Å². The van der Waals surface area contributed by atoms with Crippen molar-refractivity contribution < 1.29 is 22.9 Å². The number of hydrogen-bond donors (Lipinski definition) is 0. The number of carbonyl (C=O) groups excluding carboxylic acids is 1. The van der Waals surface area contributed by atoms with Crippen LogP contribution in [0, 0.1) is 10.1 Å². The van der Waals surface area contributed by atoms with E-state index in [1.807, 2.05) is 0 Å². The predicted octanol–water partition coefficient (Wildman–Crippen LogP) is 1.70. The molecule has 0 unspecified atom stereocenters. The number of nitrogens with zero attached hydrogens (tertiary/aromatic N) is 3. The summed E-state index contributed by atoms with van der Waals surface area (Å²) < 4.78 is 32.4. The molecule has 23 heavy (non-hydrogen) atoms. The molecular formula is C12H14ClN3O6S. The first-order chi connectivity index (χ1) is 10.6. The average molecular weight is 364 g/mol. The lowest BCUT2D eigenvalue weighted by Crippen LogP contribution is -2.12. The fourth-order valence-corrected chi connectivity index (χ4v) is 2.95. The first-order valence-electron chi connectivity index (χ1n) is 6.22. The Balaban J connectivity index is 3.58. The second-order valence-corrected chi connectivity index (χ2v) is 6.42. The van der Waals surface area contributed by atoms with E-state index in [1.165, 1.54) is 19.0 Å². The van der Waals surface area contributed by atoms with E-state index in [-0.39, 0.29) is 12.2 Å². The van der Waals surface area contributed by atoms with E-state index in [9.17, 15) is 23.3 Å². The zero-order chi connectivity index (χ0) is 17.8. The Morgan fingerprint density at radius 3 is 2.57 bits per heavy atom. The Kier molecular flexibility index (Phi) is 6.05. The minimum atomic E-state index is -4.33. The van der Waals surface area contributed by atoms with E-state index in [0.29, 0.717) is 0 Å². The molecule has 9 nitrogen and oxygen atoms in total. The number of sulfonamides is 1. The second kappa shape index (κ2) is 7.38. The van der Waals surface area contributed by atoms with Crippen LogP contribution in [0.5, 0.6) is 0 Å². The molecule has 0 heterocycles. The Hall–Kier alpha value is -2.20. The smallest absolute Gasteiger partial charge is 0.338 e. The monoisotopic (exact) mass is 363 g/mol. The molecule has 11 heteroatoms. The van der Waals surface area contributed by atoms with Crippen molar-refractivity contribution in [1.82, 2.24) is 4.90 Å². The molecule has 0 radical (unpaired) electrons. The molecule has 0 spiro atoms. The standard InChI is InChI=1S/C12H14ClN3O6S/c1-4-22-12(17)8-5-9(16(18)19)11(13)10(6-8)23(20,21)14-7-15(2)3/h5-7H,4H2,1-3H3. The predicted molar refractivity (Wildman–Crippen MR) is 83.4 cm³/mol. The van der Waals surface area contributed by atoms with Gasteiger partial charge in [0.05, 0.1) is 17.1 Å². The van der Waals surface area contributed by atoms with Crippen molar-refractivity contribution in [2.24, 2.45) is 4.40 Å². The lowest BCUT2D eigenvalue weighted by Gasteiger charge is -2.08. The van der Waals surface area contributed by atoms with E-state index in [1.54, 1.807) is 6.92 Å². The molecule has 0 fully saturated rings. The molecule has 0 N–H and O–H groups in total. The maximum atomic E-state index is 12.2. The van der Waals surface area contributed by atoms with Gasteiger partial charge in [-0.1, -0.05) is 11.6 Å². The molecule has 0 saturated carbocycles. The summed E-state index contributed by atoms with van der Waals surface area (Å²) in [6.45, 7) is 1.57. The van der Waals surface area contributed by atoms with Crippen molar-refractivity contribution in [2.45, 2.75) is 11.8 Å². The van der Waals surface area contributed by atoms with Gasteiger partial charge in [-0.25, -0.2) is 4.79 Å². The number of benzene rings is 1. The van der Waals surface area contributed by atoms with Crippen LogP contribution in [-0.4, -0.2) is 51.3 Å². The summed E-state index contributed by atoms with van der Waals surface area (Å²) in [6, 6.07) is 1.75. The van der Waals surface area contributed by atoms with Gasteiger partial charge in [0, 0.05) is 20.2 Å². The number of halogens is 1. The summed E-state index contributed by atoms with van der Waals surface area (Å²) in [6.07, 6.45) is 0.995. The zero-order valence-corrected chi connectivity index (χ0v) is 14.1. The molecule has 0 aliphatic rings. The normalized spacial score (nSPS) is 11.5. The summed E-state index contributed by atoms with van der Waals surface area (Å²) in [5.74, 6) is -0.902. The van der Waals surface area contributed by atoms with E-state index in [4.69, 9.17) is 16.3 Å². The summed E-state index contributed by atoms with van der Waals surface area (Å²) in [5.41, 5.74) is -1.03. The van der Waals surface area contributed by atoms with Gasteiger partial charge in [-0.15, -0.1) is 4.40 Å². The highest BCUT2D eigenvalue weighted by atomic mass is 35.5. The van der Waals surface area contributed by atoms with Gasteiger partial charge in [0.1, 0.15) is 16.3 Å². The molecule has 0 aliphatic heterocycles. The van der Waals surface area contributed by atoms with Crippen LogP contribution in [-0.2, 0) is 14.8 Å². The third kappa shape index (κ3) is 4.63. The first kappa shape index (κ1) is 18.8. The Labute approximate surface area is 137 Å². The number of esters is 1. The highest BCUT2D eigenvalue weighted by molar-refractivity contribution is 7.90. The van der Waals surface area contributed by atoms with Crippen LogP contribution in [0.1, 0.15) is 17.3 Å². The average Bonchev–Trinajstić information content (AvgIpc) is 2.45. The largest absolute Gasteiger partial charge is 0.462 e. The molecular weight excluding hydrogens is 350 g/mol. The SMILES string of the molecule is CCOC(=O)c1cc([N+](=O)[O-])c(Cl)c(S(=O)(=O)N=CN(C)C)c1. The van der Waals surface area contributed by atoms with Crippen molar-refractivity contribution in [3.63, 3.8) is 0 Å². The van der Waals surface area contributed by atoms with Crippen LogP contribution in [0.3, 0.4) is 0 Å². The van der Waals surface area contributed by atoms with Crippen LogP contribution in [0.15, 0.2) is 21.4 Å². The van der Waals surface area contributed by atoms with Gasteiger partial charge in [-0.05, 0) is 13.0 Å². The minimum absolute atomic E-state index is 0.0239. The van der Waals surface area contributed by atoms with Gasteiger partial charge in [0.2, 0.25) is 0 Å². The molecule has 0 amide bonds. The van der Waals surface area contributed by atoms with Crippen LogP contribution in [0.4, 0.5) is 5.69 Å². The lowest BCUT2D eigenvalue weighted by molar-refractivity contribution is -0.384. The number of carbonyl (C=O) groups is 1.